The Morgan fingerprint density at radius 1 is 1.26 bits per heavy atom. The summed E-state index contributed by atoms with van der Waals surface area (Å²) in [5.74, 6) is 1.98. The fraction of sp³-hybridized carbons (Fsp3) is 0.667. The summed E-state index contributed by atoms with van der Waals surface area (Å²) in [7, 11) is 2.25. The number of pyridine rings is 1. The smallest absolute Gasteiger partial charge is 0.159 e. The molecular weight excluding hydrogens is 286 g/mol. The van der Waals surface area contributed by atoms with Crippen molar-refractivity contribution in [1.82, 2.24) is 24.8 Å². The second kappa shape index (κ2) is 6.57. The Morgan fingerprint density at radius 3 is 2.91 bits per heavy atom. The lowest BCUT2D eigenvalue weighted by Crippen LogP contribution is -2.31. The van der Waals surface area contributed by atoms with E-state index in [0.717, 1.165) is 43.1 Å². The van der Waals surface area contributed by atoms with Crippen molar-refractivity contribution in [2.24, 2.45) is 5.92 Å². The van der Waals surface area contributed by atoms with Crippen molar-refractivity contribution in [3.8, 4) is 0 Å². The van der Waals surface area contributed by atoms with Gasteiger partial charge in [-0.1, -0.05) is 0 Å². The zero-order valence-electron chi connectivity index (χ0n) is 14.0. The molecule has 0 spiro atoms. The third kappa shape index (κ3) is 3.12. The molecule has 0 radical (unpaired) electrons. The number of nitrogens with zero attached hydrogens (tertiary/aromatic N) is 4. The van der Waals surface area contributed by atoms with Crippen molar-refractivity contribution in [2.75, 3.05) is 26.7 Å². The summed E-state index contributed by atoms with van der Waals surface area (Å²) in [6, 6.07) is 4.73. The zero-order chi connectivity index (χ0) is 15.6. The molecule has 1 unspecified atom stereocenters. The Labute approximate surface area is 138 Å². The Balaban J connectivity index is 1.63. The highest BCUT2D eigenvalue weighted by Gasteiger charge is 2.25. The van der Waals surface area contributed by atoms with E-state index in [1.54, 1.807) is 0 Å². The molecular formula is C18H27N5. The second-order valence-corrected chi connectivity index (χ2v) is 7.16. The van der Waals surface area contributed by atoms with E-state index in [0.29, 0.717) is 6.04 Å². The fourth-order valence-corrected chi connectivity index (χ4v) is 4.12. The van der Waals surface area contributed by atoms with Gasteiger partial charge in [0.05, 0.1) is 0 Å². The highest BCUT2D eigenvalue weighted by molar-refractivity contribution is 5.71. The van der Waals surface area contributed by atoms with Gasteiger partial charge in [0.2, 0.25) is 0 Å². The van der Waals surface area contributed by atoms with Gasteiger partial charge in [0, 0.05) is 25.2 Å². The Kier molecular flexibility index (Phi) is 4.31. The molecule has 2 aromatic rings. The summed E-state index contributed by atoms with van der Waals surface area (Å²) in [6.45, 7) is 4.58. The number of likely N-dealkylation sites (tertiary alicyclic amines) is 1. The van der Waals surface area contributed by atoms with Crippen molar-refractivity contribution >= 4 is 11.2 Å². The van der Waals surface area contributed by atoms with Crippen LogP contribution in [0.2, 0.25) is 0 Å². The van der Waals surface area contributed by atoms with E-state index in [1.807, 2.05) is 12.3 Å². The molecule has 1 N–H and O–H groups in total. The normalized spacial score (nSPS) is 23.8. The highest BCUT2D eigenvalue weighted by atomic mass is 15.2. The van der Waals surface area contributed by atoms with Gasteiger partial charge in [-0.15, -0.1) is 0 Å². The molecule has 2 saturated heterocycles. The van der Waals surface area contributed by atoms with Crippen LogP contribution in [0.3, 0.4) is 0 Å². The van der Waals surface area contributed by atoms with Gasteiger partial charge in [-0.25, -0.2) is 9.97 Å². The standard InChI is InChI=1S/C18H27N5/c1-22-11-3-4-15(22)12-17-21-16-5-2-8-20-18(16)23(17)13-14-6-9-19-10-7-14/h2,5,8,14-15,19H,3-4,6-7,9-13H2,1H3. The van der Waals surface area contributed by atoms with Crippen molar-refractivity contribution in [3.05, 3.63) is 24.2 Å². The molecule has 4 heterocycles. The minimum absolute atomic E-state index is 0.638. The molecule has 2 fully saturated rings. The monoisotopic (exact) mass is 313 g/mol. The first-order chi connectivity index (χ1) is 11.3. The molecule has 2 aliphatic rings. The van der Waals surface area contributed by atoms with E-state index in [4.69, 9.17) is 4.98 Å². The molecule has 2 aliphatic heterocycles. The third-order valence-corrected chi connectivity index (χ3v) is 5.57. The molecule has 0 aliphatic carbocycles. The topological polar surface area (TPSA) is 46.0 Å². The molecule has 23 heavy (non-hydrogen) atoms. The Hall–Kier alpha value is -1.46. The van der Waals surface area contributed by atoms with Gasteiger partial charge in [-0.05, 0) is 70.4 Å². The summed E-state index contributed by atoms with van der Waals surface area (Å²) in [6.07, 6.45) is 8.07. The number of piperidine rings is 1. The zero-order valence-corrected chi connectivity index (χ0v) is 14.0. The van der Waals surface area contributed by atoms with Gasteiger partial charge < -0.3 is 14.8 Å². The molecule has 124 valence electrons. The van der Waals surface area contributed by atoms with Crippen molar-refractivity contribution in [3.63, 3.8) is 0 Å². The van der Waals surface area contributed by atoms with Gasteiger partial charge in [0.25, 0.3) is 0 Å². The number of imidazole rings is 1. The maximum atomic E-state index is 4.93. The minimum Gasteiger partial charge on any atom is -0.317 e. The molecule has 0 amide bonds. The van der Waals surface area contributed by atoms with Crippen molar-refractivity contribution in [2.45, 2.75) is 44.7 Å². The van der Waals surface area contributed by atoms with Crippen LogP contribution in [0.15, 0.2) is 18.3 Å². The van der Waals surface area contributed by atoms with E-state index in [9.17, 15) is 0 Å². The van der Waals surface area contributed by atoms with Crippen LogP contribution in [-0.4, -0.2) is 52.2 Å². The van der Waals surface area contributed by atoms with Crippen molar-refractivity contribution in [1.29, 1.82) is 0 Å². The number of rotatable bonds is 4. The van der Waals surface area contributed by atoms with Crippen LogP contribution in [0.25, 0.3) is 11.2 Å². The molecule has 0 aromatic carbocycles. The second-order valence-electron chi connectivity index (χ2n) is 7.16. The molecule has 1 atom stereocenters. The first-order valence-corrected chi connectivity index (χ1v) is 9.02. The average molecular weight is 313 g/mol. The summed E-state index contributed by atoms with van der Waals surface area (Å²) in [5.41, 5.74) is 2.12. The Morgan fingerprint density at radius 2 is 2.13 bits per heavy atom. The third-order valence-electron chi connectivity index (χ3n) is 5.57. The predicted octanol–water partition coefficient (Wildman–Crippen LogP) is 2.07. The maximum absolute atomic E-state index is 4.93. The van der Waals surface area contributed by atoms with Gasteiger partial charge >= 0.3 is 0 Å². The molecule has 5 nitrogen and oxygen atoms in total. The number of fused-ring (bicyclic) bond motifs is 1. The number of hydrogen-bond donors (Lipinski definition) is 1. The molecule has 4 rings (SSSR count). The van der Waals surface area contributed by atoms with Gasteiger partial charge in [0.15, 0.2) is 5.65 Å². The van der Waals surface area contributed by atoms with Crippen LogP contribution < -0.4 is 5.32 Å². The largest absolute Gasteiger partial charge is 0.317 e. The lowest BCUT2D eigenvalue weighted by Gasteiger charge is -2.25. The molecule has 0 bridgehead atoms. The number of hydrogen-bond acceptors (Lipinski definition) is 4. The Bertz CT molecular complexity index is 658. The molecule has 5 heteroatoms. The lowest BCUT2D eigenvalue weighted by atomic mass is 9.98. The van der Waals surface area contributed by atoms with Gasteiger partial charge in [-0.3, -0.25) is 0 Å². The summed E-state index contributed by atoms with van der Waals surface area (Å²) >= 11 is 0. The van der Waals surface area contributed by atoms with E-state index < -0.39 is 0 Å². The summed E-state index contributed by atoms with van der Waals surface area (Å²) in [4.78, 5) is 12.1. The summed E-state index contributed by atoms with van der Waals surface area (Å²) < 4.78 is 2.41. The predicted molar refractivity (Wildman–Crippen MR) is 92.5 cm³/mol. The number of nitrogens with one attached hydrogen (secondary N) is 1. The fourth-order valence-electron chi connectivity index (χ4n) is 4.12. The minimum atomic E-state index is 0.638. The van der Waals surface area contributed by atoms with E-state index in [-0.39, 0.29) is 0 Å². The first kappa shape index (κ1) is 15.1. The first-order valence-electron chi connectivity index (χ1n) is 9.02. The van der Waals surface area contributed by atoms with Crippen LogP contribution >= 0.6 is 0 Å². The van der Waals surface area contributed by atoms with Crippen LogP contribution in [0.5, 0.6) is 0 Å². The lowest BCUT2D eigenvalue weighted by molar-refractivity contribution is 0.296. The van der Waals surface area contributed by atoms with Crippen LogP contribution in [0.1, 0.15) is 31.5 Å². The molecule has 0 saturated carbocycles. The highest BCUT2D eigenvalue weighted by Crippen LogP contribution is 2.24. The van der Waals surface area contributed by atoms with Gasteiger partial charge in [0.1, 0.15) is 11.3 Å². The average Bonchev–Trinajstić information content (AvgIpc) is 3.13. The van der Waals surface area contributed by atoms with Crippen LogP contribution in [0, 0.1) is 5.92 Å². The van der Waals surface area contributed by atoms with Crippen LogP contribution in [-0.2, 0) is 13.0 Å². The summed E-state index contributed by atoms with van der Waals surface area (Å²) in [5, 5.41) is 3.46. The quantitative estimate of drug-likeness (QED) is 0.938. The molecule has 2 aromatic heterocycles. The van der Waals surface area contributed by atoms with E-state index in [1.165, 1.54) is 38.1 Å². The van der Waals surface area contributed by atoms with Crippen LogP contribution in [0.4, 0.5) is 0 Å². The SMILES string of the molecule is CN1CCCC1Cc1nc2cccnc2n1CC1CCNCC1. The van der Waals surface area contributed by atoms with E-state index in [2.05, 4.69) is 32.9 Å². The van der Waals surface area contributed by atoms with Gasteiger partial charge in [-0.2, -0.15) is 0 Å². The number of aromatic nitrogens is 3. The number of likely N-dealkylation sites (N-methyl/N-ethyl adjacent to an activating group) is 1. The van der Waals surface area contributed by atoms with Crippen molar-refractivity contribution < 1.29 is 0 Å². The maximum Gasteiger partial charge on any atom is 0.159 e. The van der Waals surface area contributed by atoms with E-state index >= 15 is 0 Å².